The first kappa shape index (κ1) is 8.50. The Morgan fingerprint density at radius 3 is 2.90 bits per heavy atom. The van der Waals surface area contributed by atoms with Gasteiger partial charge in [0.05, 0.1) is 0 Å². The van der Waals surface area contributed by atoms with Gasteiger partial charge in [0.25, 0.3) is 0 Å². The number of hydrogen-bond donors (Lipinski definition) is 0. The summed E-state index contributed by atoms with van der Waals surface area (Å²) in [6.07, 6.45) is 4.01. The summed E-state index contributed by atoms with van der Waals surface area (Å²) < 4.78 is 0.615. The standard InChI is InChI=1S/C8H13IO/c1-2-6-3-4-7(10)5-8(6)9/h6,8H,2-5H2,1H3. The van der Waals surface area contributed by atoms with Crippen LogP contribution in [0.15, 0.2) is 0 Å². The lowest BCUT2D eigenvalue weighted by Crippen LogP contribution is -2.24. The van der Waals surface area contributed by atoms with Gasteiger partial charge in [0.2, 0.25) is 0 Å². The van der Waals surface area contributed by atoms with E-state index in [9.17, 15) is 4.79 Å². The lowest BCUT2D eigenvalue weighted by Gasteiger charge is -2.24. The maximum atomic E-state index is 10.9. The molecule has 58 valence electrons. The van der Waals surface area contributed by atoms with Gasteiger partial charge in [-0.1, -0.05) is 35.9 Å². The molecule has 0 aromatic rings. The van der Waals surface area contributed by atoms with E-state index >= 15 is 0 Å². The summed E-state index contributed by atoms with van der Waals surface area (Å²) in [6.45, 7) is 2.21. The van der Waals surface area contributed by atoms with Crippen LogP contribution in [0.3, 0.4) is 0 Å². The van der Waals surface area contributed by atoms with Crippen molar-refractivity contribution in [2.45, 2.75) is 36.5 Å². The van der Waals surface area contributed by atoms with E-state index in [0.29, 0.717) is 9.71 Å². The third kappa shape index (κ3) is 1.94. The monoisotopic (exact) mass is 252 g/mol. The summed E-state index contributed by atoms with van der Waals surface area (Å²) in [5.41, 5.74) is 0. The lowest BCUT2D eigenvalue weighted by molar-refractivity contribution is -0.120. The van der Waals surface area contributed by atoms with Crippen LogP contribution in [-0.2, 0) is 4.79 Å². The molecular weight excluding hydrogens is 239 g/mol. The fraction of sp³-hybridized carbons (Fsp3) is 0.875. The SMILES string of the molecule is CCC1CCC(=O)CC1I. The first-order valence-corrected chi connectivity index (χ1v) is 5.14. The zero-order valence-electron chi connectivity index (χ0n) is 6.27. The van der Waals surface area contributed by atoms with Gasteiger partial charge in [0, 0.05) is 16.8 Å². The molecule has 1 rings (SSSR count). The van der Waals surface area contributed by atoms with Gasteiger partial charge in [-0.25, -0.2) is 0 Å². The molecule has 0 aromatic heterocycles. The van der Waals surface area contributed by atoms with E-state index in [1.54, 1.807) is 0 Å². The highest BCUT2D eigenvalue weighted by Gasteiger charge is 2.25. The van der Waals surface area contributed by atoms with Crippen molar-refractivity contribution in [3.05, 3.63) is 0 Å². The Morgan fingerprint density at radius 2 is 2.40 bits per heavy atom. The Balaban J connectivity index is 2.43. The second-order valence-electron chi connectivity index (χ2n) is 2.97. The van der Waals surface area contributed by atoms with Gasteiger partial charge in [-0.2, -0.15) is 0 Å². The highest BCUT2D eigenvalue weighted by molar-refractivity contribution is 14.1. The van der Waals surface area contributed by atoms with Crippen molar-refractivity contribution >= 4 is 28.4 Å². The molecule has 2 unspecified atom stereocenters. The topological polar surface area (TPSA) is 17.1 Å². The molecule has 0 spiro atoms. The van der Waals surface area contributed by atoms with Crippen LogP contribution in [0.25, 0.3) is 0 Å². The van der Waals surface area contributed by atoms with Gasteiger partial charge < -0.3 is 0 Å². The lowest BCUT2D eigenvalue weighted by atomic mass is 9.87. The van der Waals surface area contributed by atoms with Gasteiger partial charge in [0.15, 0.2) is 0 Å². The van der Waals surface area contributed by atoms with Crippen molar-refractivity contribution in [2.75, 3.05) is 0 Å². The third-order valence-corrected chi connectivity index (χ3v) is 3.71. The minimum Gasteiger partial charge on any atom is -0.300 e. The van der Waals surface area contributed by atoms with E-state index in [1.807, 2.05) is 0 Å². The molecular formula is C8H13IO. The number of alkyl halides is 1. The Labute approximate surface area is 75.7 Å². The normalized spacial score (nSPS) is 34.4. The van der Waals surface area contributed by atoms with Crippen LogP contribution < -0.4 is 0 Å². The highest BCUT2D eigenvalue weighted by Crippen LogP contribution is 2.30. The largest absolute Gasteiger partial charge is 0.300 e. The molecule has 0 radical (unpaired) electrons. The van der Waals surface area contributed by atoms with Crippen LogP contribution in [0.5, 0.6) is 0 Å². The first-order chi connectivity index (χ1) is 4.74. The maximum absolute atomic E-state index is 10.9. The second kappa shape index (κ2) is 3.69. The van der Waals surface area contributed by atoms with E-state index in [4.69, 9.17) is 0 Å². The maximum Gasteiger partial charge on any atom is 0.133 e. The van der Waals surface area contributed by atoms with E-state index in [0.717, 1.165) is 25.2 Å². The zero-order valence-corrected chi connectivity index (χ0v) is 8.43. The summed E-state index contributed by atoms with van der Waals surface area (Å²) >= 11 is 2.41. The van der Waals surface area contributed by atoms with Crippen LogP contribution in [0.2, 0.25) is 0 Å². The molecule has 0 heterocycles. The molecule has 0 saturated heterocycles. The molecule has 2 heteroatoms. The summed E-state index contributed by atoms with van der Waals surface area (Å²) in [4.78, 5) is 10.9. The molecule has 0 aliphatic heterocycles. The van der Waals surface area contributed by atoms with Gasteiger partial charge >= 0.3 is 0 Å². The second-order valence-corrected chi connectivity index (χ2v) is 4.57. The summed E-state index contributed by atoms with van der Waals surface area (Å²) in [6, 6.07) is 0. The van der Waals surface area contributed by atoms with Crippen molar-refractivity contribution in [1.82, 2.24) is 0 Å². The molecule has 0 amide bonds. The molecule has 1 saturated carbocycles. The molecule has 0 bridgehead atoms. The Kier molecular flexibility index (Phi) is 3.14. The number of rotatable bonds is 1. The molecule has 1 fully saturated rings. The smallest absolute Gasteiger partial charge is 0.133 e. The number of hydrogen-bond acceptors (Lipinski definition) is 1. The highest BCUT2D eigenvalue weighted by atomic mass is 127. The number of ketones is 1. The average molecular weight is 252 g/mol. The molecule has 1 aliphatic rings. The fourth-order valence-electron chi connectivity index (χ4n) is 1.47. The molecule has 1 nitrogen and oxygen atoms in total. The number of carbonyl (C=O) groups is 1. The molecule has 0 aromatic carbocycles. The van der Waals surface area contributed by atoms with E-state index in [2.05, 4.69) is 29.5 Å². The van der Waals surface area contributed by atoms with Crippen molar-refractivity contribution in [3.8, 4) is 0 Å². The third-order valence-electron chi connectivity index (χ3n) is 2.25. The predicted octanol–water partition coefficient (Wildman–Crippen LogP) is 2.57. The minimum absolute atomic E-state index is 0.462. The van der Waals surface area contributed by atoms with Gasteiger partial charge in [0.1, 0.15) is 5.78 Å². The van der Waals surface area contributed by atoms with Crippen LogP contribution in [-0.4, -0.2) is 9.71 Å². The zero-order chi connectivity index (χ0) is 7.56. The fourth-order valence-corrected chi connectivity index (χ4v) is 2.83. The number of halogens is 1. The molecule has 0 N–H and O–H groups in total. The Hall–Kier alpha value is 0.400. The van der Waals surface area contributed by atoms with E-state index in [1.165, 1.54) is 6.42 Å². The Bertz CT molecular complexity index is 133. The van der Waals surface area contributed by atoms with Crippen LogP contribution in [0, 0.1) is 5.92 Å². The van der Waals surface area contributed by atoms with Crippen molar-refractivity contribution in [3.63, 3.8) is 0 Å². The van der Waals surface area contributed by atoms with Crippen LogP contribution in [0.4, 0.5) is 0 Å². The molecule has 1 aliphatic carbocycles. The molecule has 10 heavy (non-hydrogen) atoms. The Morgan fingerprint density at radius 1 is 1.70 bits per heavy atom. The van der Waals surface area contributed by atoms with Gasteiger partial charge in [-0.15, -0.1) is 0 Å². The molecule has 2 atom stereocenters. The van der Waals surface area contributed by atoms with Crippen molar-refractivity contribution in [1.29, 1.82) is 0 Å². The summed E-state index contributed by atoms with van der Waals surface area (Å²) in [5, 5.41) is 0. The van der Waals surface area contributed by atoms with Crippen molar-refractivity contribution < 1.29 is 4.79 Å². The number of carbonyl (C=O) groups excluding carboxylic acids is 1. The first-order valence-electron chi connectivity index (χ1n) is 3.89. The minimum atomic E-state index is 0.462. The number of Topliss-reactive ketones (excluding diaryl/α,β-unsaturated/α-hetero) is 1. The van der Waals surface area contributed by atoms with Gasteiger partial charge in [-0.05, 0) is 12.3 Å². The van der Waals surface area contributed by atoms with Crippen LogP contribution in [0.1, 0.15) is 32.6 Å². The van der Waals surface area contributed by atoms with Crippen molar-refractivity contribution in [2.24, 2.45) is 5.92 Å². The average Bonchev–Trinajstić information content (AvgIpc) is 1.88. The predicted molar refractivity (Wildman–Crippen MR) is 50.4 cm³/mol. The van der Waals surface area contributed by atoms with Crippen LogP contribution >= 0.6 is 22.6 Å². The summed E-state index contributed by atoms with van der Waals surface area (Å²) in [7, 11) is 0. The van der Waals surface area contributed by atoms with E-state index < -0.39 is 0 Å². The van der Waals surface area contributed by atoms with E-state index in [-0.39, 0.29) is 0 Å². The quantitative estimate of drug-likeness (QED) is 0.517. The summed E-state index contributed by atoms with van der Waals surface area (Å²) in [5.74, 6) is 1.27. The van der Waals surface area contributed by atoms with Gasteiger partial charge in [-0.3, -0.25) is 4.79 Å².